The second-order valence-corrected chi connectivity index (χ2v) is 3.15. The Morgan fingerprint density at radius 2 is 1.87 bits per heavy atom. The Balaban J connectivity index is 2.88. The van der Waals surface area contributed by atoms with E-state index in [1.165, 1.54) is 0 Å². The lowest BCUT2D eigenvalue weighted by Crippen LogP contribution is -2.12. The molecule has 0 aliphatic carbocycles. The maximum atomic E-state index is 11.8. The highest BCUT2D eigenvalue weighted by Gasteiger charge is 2.11. The number of para-hydroxylation sites is 1. The van der Waals surface area contributed by atoms with Gasteiger partial charge in [-0.25, -0.2) is 0 Å². The minimum atomic E-state index is -0.428. The lowest BCUT2D eigenvalue weighted by Gasteiger charge is -2.04. The third kappa shape index (κ3) is 1.54. The highest BCUT2D eigenvalue weighted by atomic mass is 16.4. The van der Waals surface area contributed by atoms with E-state index < -0.39 is 13.2 Å². The Kier molecular flexibility index (Phi) is 2.53. The first-order chi connectivity index (χ1) is 7.27. The molecule has 0 bridgehead atoms. The molecule has 0 radical (unpaired) electrons. The first-order valence-corrected chi connectivity index (χ1v) is 4.53. The zero-order chi connectivity index (χ0) is 10.8. The number of aliphatic hydroxyl groups is 2. The van der Waals surface area contributed by atoms with Crippen LogP contribution in [0.2, 0.25) is 0 Å². The van der Waals surface area contributed by atoms with E-state index >= 15 is 0 Å². The van der Waals surface area contributed by atoms with Gasteiger partial charge in [0, 0.05) is 0 Å². The molecule has 4 heteroatoms. The van der Waals surface area contributed by atoms with Crippen molar-refractivity contribution in [3.8, 4) is 0 Å². The summed E-state index contributed by atoms with van der Waals surface area (Å²) in [5, 5.41) is 18.4. The summed E-state index contributed by atoms with van der Waals surface area (Å²) in [7, 11) is 0. The molecule has 1 aromatic carbocycles. The number of benzene rings is 1. The molecule has 0 spiro atoms. The van der Waals surface area contributed by atoms with Gasteiger partial charge in [-0.15, -0.1) is 0 Å². The number of hydrogen-bond acceptors (Lipinski definition) is 4. The second kappa shape index (κ2) is 3.84. The fraction of sp³-hybridized carbons (Fsp3) is 0.182. The molecule has 0 aliphatic heterocycles. The van der Waals surface area contributed by atoms with Crippen molar-refractivity contribution < 1.29 is 14.6 Å². The Bertz CT molecular complexity index is 542. The van der Waals surface area contributed by atoms with Crippen LogP contribution < -0.4 is 5.43 Å². The molecule has 1 heterocycles. The van der Waals surface area contributed by atoms with E-state index in [1.54, 1.807) is 24.3 Å². The average molecular weight is 206 g/mol. The molecule has 78 valence electrons. The number of hydrogen-bond donors (Lipinski definition) is 2. The Morgan fingerprint density at radius 3 is 2.53 bits per heavy atom. The molecule has 0 atom stereocenters. The van der Waals surface area contributed by atoms with Gasteiger partial charge in [-0.3, -0.25) is 4.79 Å². The lowest BCUT2D eigenvalue weighted by atomic mass is 10.1. The molecule has 0 saturated heterocycles. The highest BCUT2D eigenvalue weighted by molar-refractivity contribution is 5.77. The van der Waals surface area contributed by atoms with Crippen molar-refractivity contribution >= 4 is 11.0 Å². The summed E-state index contributed by atoms with van der Waals surface area (Å²) < 4.78 is 5.30. The van der Waals surface area contributed by atoms with Crippen LogP contribution in [0.25, 0.3) is 11.0 Å². The monoisotopic (exact) mass is 206 g/mol. The van der Waals surface area contributed by atoms with Gasteiger partial charge in [0.05, 0.1) is 17.6 Å². The first kappa shape index (κ1) is 9.89. The fourth-order valence-electron chi connectivity index (χ4n) is 1.51. The van der Waals surface area contributed by atoms with E-state index in [9.17, 15) is 4.79 Å². The zero-order valence-electron chi connectivity index (χ0n) is 7.93. The van der Waals surface area contributed by atoms with Crippen molar-refractivity contribution in [2.24, 2.45) is 0 Å². The van der Waals surface area contributed by atoms with Gasteiger partial charge in [0.1, 0.15) is 18.0 Å². The van der Waals surface area contributed by atoms with Crippen molar-refractivity contribution in [2.75, 3.05) is 0 Å². The van der Waals surface area contributed by atoms with Crippen LogP contribution >= 0.6 is 0 Å². The van der Waals surface area contributed by atoms with Gasteiger partial charge in [0.25, 0.3) is 0 Å². The van der Waals surface area contributed by atoms with Crippen LogP contribution in [0.4, 0.5) is 0 Å². The van der Waals surface area contributed by atoms with Gasteiger partial charge in [-0.05, 0) is 12.1 Å². The minimum absolute atomic E-state index is 0.121. The average Bonchev–Trinajstić information content (AvgIpc) is 2.29. The van der Waals surface area contributed by atoms with Gasteiger partial charge in [0.2, 0.25) is 0 Å². The van der Waals surface area contributed by atoms with Crippen molar-refractivity contribution in [2.45, 2.75) is 13.2 Å². The van der Waals surface area contributed by atoms with E-state index in [4.69, 9.17) is 14.6 Å². The van der Waals surface area contributed by atoms with Crippen molar-refractivity contribution in [3.63, 3.8) is 0 Å². The molecule has 0 fully saturated rings. The Hall–Kier alpha value is -1.65. The predicted octanol–water partition coefficient (Wildman–Crippen LogP) is 0.778. The SMILES string of the molecule is O=c1c(CO)c(CO)oc2ccccc12. The van der Waals surface area contributed by atoms with Crippen LogP contribution in [0.1, 0.15) is 11.3 Å². The van der Waals surface area contributed by atoms with Crippen LogP contribution in [-0.2, 0) is 13.2 Å². The molecule has 2 aromatic rings. The highest BCUT2D eigenvalue weighted by Crippen LogP contribution is 2.15. The maximum absolute atomic E-state index is 11.8. The molecule has 0 saturated carbocycles. The molecule has 4 nitrogen and oxygen atoms in total. The molecule has 1 aromatic heterocycles. The maximum Gasteiger partial charge on any atom is 0.198 e. The van der Waals surface area contributed by atoms with Gasteiger partial charge < -0.3 is 14.6 Å². The van der Waals surface area contributed by atoms with Gasteiger partial charge in [-0.2, -0.15) is 0 Å². The number of fused-ring (bicyclic) bond motifs is 1. The summed E-state index contributed by atoms with van der Waals surface area (Å²) in [6.45, 7) is -0.820. The molecule has 2 rings (SSSR count). The van der Waals surface area contributed by atoms with E-state index in [1.807, 2.05) is 0 Å². The van der Waals surface area contributed by atoms with E-state index in [2.05, 4.69) is 0 Å². The second-order valence-electron chi connectivity index (χ2n) is 3.15. The predicted molar refractivity (Wildman–Crippen MR) is 54.3 cm³/mol. The zero-order valence-corrected chi connectivity index (χ0v) is 7.93. The molecule has 0 aliphatic rings. The van der Waals surface area contributed by atoms with Gasteiger partial charge in [0.15, 0.2) is 5.43 Å². The summed E-state index contributed by atoms with van der Waals surface area (Å²) in [6.07, 6.45) is 0. The van der Waals surface area contributed by atoms with Crippen LogP contribution in [0.5, 0.6) is 0 Å². The van der Waals surface area contributed by atoms with Crippen LogP contribution in [0, 0.1) is 0 Å². The lowest BCUT2D eigenvalue weighted by molar-refractivity contribution is 0.230. The van der Waals surface area contributed by atoms with Crippen LogP contribution in [0.3, 0.4) is 0 Å². The number of aliphatic hydroxyl groups excluding tert-OH is 2. The van der Waals surface area contributed by atoms with Gasteiger partial charge in [-0.1, -0.05) is 12.1 Å². The van der Waals surface area contributed by atoms with E-state index in [0.29, 0.717) is 11.0 Å². The topological polar surface area (TPSA) is 70.7 Å². The summed E-state index contributed by atoms with van der Waals surface area (Å²) in [4.78, 5) is 11.8. The molecule has 0 unspecified atom stereocenters. The molecule has 15 heavy (non-hydrogen) atoms. The molecular formula is C11H10O4. The smallest absolute Gasteiger partial charge is 0.198 e. The van der Waals surface area contributed by atoms with Crippen molar-refractivity contribution in [1.82, 2.24) is 0 Å². The number of rotatable bonds is 2. The summed E-state index contributed by atoms with van der Waals surface area (Å²) in [5.74, 6) is 0.126. The summed E-state index contributed by atoms with van der Waals surface area (Å²) >= 11 is 0. The summed E-state index contributed by atoms with van der Waals surface area (Å²) in [5.41, 5.74) is 0.253. The largest absolute Gasteiger partial charge is 0.458 e. The van der Waals surface area contributed by atoms with Crippen molar-refractivity contribution in [3.05, 3.63) is 45.8 Å². The third-order valence-electron chi connectivity index (χ3n) is 2.28. The fourth-order valence-corrected chi connectivity index (χ4v) is 1.51. The van der Waals surface area contributed by atoms with Crippen LogP contribution in [-0.4, -0.2) is 10.2 Å². The molecule has 2 N–H and O–H groups in total. The Morgan fingerprint density at radius 1 is 1.13 bits per heavy atom. The first-order valence-electron chi connectivity index (χ1n) is 4.53. The third-order valence-corrected chi connectivity index (χ3v) is 2.28. The van der Waals surface area contributed by atoms with E-state index in [0.717, 1.165) is 0 Å². The summed E-state index contributed by atoms with van der Waals surface area (Å²) in [6, 6.07) is 6.74. The van der Waals surface area contributed by atoms with E-state index in [-0.39, 0.29) is 16.8 Å². The van der Waals surface area contributed by atoms with Gasteiger partial charge >= 0.3 is 0 Å². The quantitative estimate of drug-likeness (QED) is 0.761. The van der Waals surface area contributed by atoms with Crippen LogP contribution in [0.15, 0.2) is 33.5 Å². The standard InChI is InChI=1S/C11H10O4/c12-5-8-10(6-13)15-9-4-2-1-3-7(9)11(8)14/h1-4,12-13H,5-6H2. The normalized spacial score (nSPS) is 10.8. The molecular weight excluding hydrogens is 196 g/mol. The van der Waals surface area contributed by atoms with Crippen molar-refractivity contribution in [1.29, 1.82) is 0 Å². The Labute approximate surface area is 85.4 Å². The minimum Gasteiger partial charge on any atom is -0.458 e. The molecule has 0 amide bonds.